The number of rotatable bonds is 10. The van der Waals surface area contributed by atoms with Gasteiger partial charge in [-0.1, -0.05) is 68.5 Å². The van der Waals surface area contributed by atoms with Crippen LogP contribution in [-0.2, 0) is 14.4 Å². The fourth-order valence-corrected chi connectivity index (χ4v) is 4.70. The molecule has 0 saturated carbocycles. The van der Waals surface area contributed by atoms with Crippen LogP contribution in [0.4, 0.5) is 5.69 Å². The summed E-state index contributed by atoms with van der Waals surface area (Å²) in [6, 6.07) is 17.0. The Labute approximate surface area is 213 Å². The van der Waals surface area contributed by atoms with Gasteiger partial charge in [-0.05, 0) is 38.7 Å². The zero-order chi connectivity index (χ0) is 26.4. The number of nitrogens with zero attached hydrogens (tertiary/aromatic N) is 2. The summed E-state index contributed by atoms with van der Waals surface area (Å²) in [5.41, 5.74) is 8.67. The van der Waals surface area contributed by atoms with Crippen molar-refractivity contribution in [3.8, 4) is 0 Å². The van der Waals surface area contributed by atoms with Crippen LogP contribution < -0.4 is 16.0 Å². The van der Waals surface area contributed by atoms with E-state index >= 15 is 0 Å². The summed E-state index contributed by atoms with van der Waals surface area (Å²) in [5, 5.41) is 2.87. The number of nitrogens with one attached hydrogen (secondary N) is 1. The number of fused-ring (bicyclic) bond motifs is 1. The molecule has 1 aliphatic heterocycles. The van der Waals surface area contributed by atoms with E-state index in [1.54, 1.807) is 11.0 Å². The van der Waals surface area contributed by atoms with Crippen molar-refractivity contribution in [1.82, 2.24) is 5.32 Å². The highest BCUT2D eigenvalue weighted by Crippen LogP contribution is 2.30. The molecule has 7 nitrogen and oxygen atoms in total. The zero-order valence-electron chi connectivity index (χ0n) is 21.5. The van der Waals surface area contributed by atoms with Crippen LogP contribution >= 0.6 is 0 Å². The zero-order valence-corrected chi connectivity index (χ0v) is 21.5. The van der Waals surface area contributed by atoms with Gasteiger partial charge >= 0.3 is 0 Å². The second kappa shape index (κ2) is 11.8. The molecule has 36 heavy (non-hydrogen) atoms. The molecule has 2 aromatic carbocycles. The second-order valence-corrected chi connectivity index (χ2v) is 9.84. The number of nitrogens with two attached hydrogens (primary N) is 1. The number of primary amides is 1. The van der Waals surface area contributed by atoms with E-state index in [9.17, 15) is 14.4 Å². The van der Waals surface area contributed by atoms with Gasteiger partial charge in [-0.2, -0.15) is 0 Å². The first-order valence-electron chi connectivity index (χ1n) is 12.4. The first kappa shape index (κ1) is 26.9. The number of benzene rings is 2. The van der Waals surface area contributed by atoms with Crippen molar-refractivity contribution in [3.05, 3.63) is 78.4 Å². The number of allylic oxidation sites excluding steroid dienone is 1. The van der Waals surface area contributed by atoms with Gasteiger partial charge in [0.25, 0.3) is 5.91 Å². The van der Waals surface area contributed by atoms with Crippen molar-refractivity contribution in [1.29, 1.82) is 0 Å². The maximum atomic E-state index is 13.8. The van der Waals surface area contributed by atoms with E-state index in [1.165, 1.54) is 0 Å². The number of hydrogen-bond donors (Lipinski definition) is 2. The van der Waals surface area contributed by atoms with Gasteiger partial charge in [0.2, 0.25) is 18.0 Å². The molecule has 1 heterocycles. The van der Waals surface area contributed by atoms with E-state index in [-0.39, 0.29) is 24.3 Å². The van der Waals surface area contributed by atoms with Crippen molar-refractivity contribution < 1.29 is 14.4 Å². The third-order valence-electron chi connectivity index (χ3n) is 6.32. The highest BCUT2D eigenvalue weighted by Gasteiger charge is 2.38. The Balaban J connectivity index is 2.10. The number of carbonyl (C=O) groups is 3. The molecule has 1 aliphatic rings. The lowest BCUT2D eigenvalue weighted by molar-refractivity contribution is -0.135. The Morgan fingerprint density at radius 2 is 1.69 bits per heavy atom. The SMILES string of the molecule is C=CCC(C(N)=O)C(CC(C)C)C(=O)NC1N=C(c2ccccc2)c2ccccc2N(C(C)C)C1=O. The minimum atomic E-state index is -1.16. The van der Waals surface area contributed by atoms with E-state index in [2.05, 4.69) is 11.9 Å². The predicted molar refractivity (Wildman–Crippen MR) is 144 cm³/mol. The molecule has 190 valence electrons. The van der Waals surface area contributed by atoms with Crippen molar-refractivity contribution in [2.75, 3.05) is 4.90 Å². The van der Waals surface area contributed by atoms with Crippen LogP contribution in [0.5, 0.6) is 0 Å². The third kappa shape index (κ3) is 5.90. The largest absolute Gasteiger partial charge is 0.369 e. The van der Waals surface area contributed by atoms with Gasteiger partial charge < -0.3 is 16.0 Å². The van der Waals surface area contributed by atoms with Crippen molar-refractivity contribution in [2.45, 2.75) is 52.7 Å². The Hall–Kier alpha value is -3.74. The number of carbonyl (C=O) groups excluding carboxylic acids is 3. The third-order valence-corrected chi connectivity index (χ3v) is 6.32. The minimum absolute atomic E-state index is 0.136. The van der Waals surface area contributed by atoms with Crippen LogP contribution in [-0.4, -0.2) is 35.6 Å². The van der Waals surface area contributed by atoms with E-state index in [4.69, 9.17) is 10.7 Å². The highest BCUT2D eigenvalue weighted by molar-refractivity contribution is 6.20. The molecule has 3 rings (SSSR count). The average molecular weight is 489 g/mol. The maximum Gasteiger partial charge on any atom is 0.272 e. The summed E-state index contributed by atoms with van der Waals surface area (Å²) >= 11 is 0. The van der Waals surface area contributed by atoms with Gasteiger partial charge in [0.1, 0.15) is 0 Å². The topological polar surface area (TPSA) is 105 Å². The summed E-state index contributed by atoms with van der Waals surface area (Å²) in [7, 11) is 0. The number of hydrogen-bond acceptors (Lipinski definition) is 4. The minimum Gasteiger partial charge on any atom is -0.369 e. The molecule has 0 fully saturated rings. The number of aliphatic imine (C=N–C) groups is 1. The fraction of sp³-hybridized carbons (Fsp3) is 0.379. The van der Waals surface area contributed by atoms with Gasteiger partial charge in [-0.15, -0.1) is 6.58 Å². The highest BCUT2D eigenvalue weighted by atomic mass is 16.2. The van der Waals surface area contributed by atoms with E-state index in [1.807, 2.05) is 82.3 Å². The Morgan fingerprint density at radius 3 is 2.28 bits per heavy atom. The lowest BCUT2D eigenvalue weighted by Crippen LogP contribution is -2.52. The average Bonchev–Trinajstić information content (AvgIpc) is 2.96. The van der Waals surface area contributed by atoms with E-state index < -0.39 is 29.8 Å². The van der Waals surface area contributed by atoms with E-state index in [0.29, 0.717) is 12.1 Å². The Kier molecular flexibility index (Phi) is 8.80. The van der Waals surface area contributed by atoms with Crippen LogP contribution in [0, 0.1) is 17.8 Å². The first-order valence-corrected chi connectivity index (χ1v) is 12.4. The van der Waals surface area contributed by atoms with Gasteiger partial charge in [0.05, 0.1) is 23.2 Å². The molecule has 3 N–H and O–H groups in total. The first-order chi connectivity index (χ1) is 17.1. The standard InChI is InChI=1S/C29H36N4O3/c1-6-12-21(26(30)34)23(17-18(2)3)28(35)32-27-29(36)33(19(4)5)24-16-11-10-15-22(24)25(31-27)20-13-8-7-9-14-20/h6-11,13-16,18-19,21,23,27H,1,12,17H2,2-5H3,(H2,30,34)(H,32,35). The molecule has 0 spiro atoms. The predicted octanol–water partition coefficient (Wildman–Crippen LogP) is 4.06. The normalized spacial score (nSPS) is 17.2. The smallest absolute Gasteiger partial charge is 0.272 e. The van der Waals surface area contributed by atoms with Gasteiger partial charge in [0.15, 0.2) is 0 Å². The van der Waals surface area contributed by atoms with Crippen LogP contribution in [0.2, 0.25) is 0 Å². The molecule has 0 saturated heterocycles. The molecule has 0 aliphatic carbocycles. The molecule has 2 aromatic rings. The van der Waals surface area contributed by atoms with Crippen LogP contribution in [0.1, 0.15) is 51.7 Å². The van der Waals surface area contributed by atoms with E-state index in [0.717, 1.165) is 16.8 Å². The van der Waals surface area contributed by atoms with Crippen LogP contribution in [0.25, 0.3) is 0 Å². The molecule has 3 atom stereocenters. The number of benzodiazepines with no additional fused rings is 1. The molecular weight excluding hydrogens is 452 g/mol. The summed E-state index contributed by atoms with van der Waals surface area (Å²) in [6.45, 7) is 11.5. The molecule has 3 unspecified atom stereocenters. The molecular formula is C29H36N4O3. The molecule has 0 bridgehead atoms. The lowest BCUT2D eigenvalue weighted by atomic mass is 9.82. The molecule has 7 heteroatoms. The fourth-order valence-electron chi connectivity index (χ4n) is 4.70. The Bertz CT molecular complexity index is 1140. The monoisotopic (exact) mass is 488 g/mol. The van der Waals surface area contributed by atoms with Crippen LogP contribution in [0.3, 0.4) is 0 Å². The molecule has 0 aromatic heterocycles. The van der Waals surface area contributed by atoms with Gasteiger partial charge in [-0.25, -0.2) is 4.99 Å². The summed E-state index contributed by atoms with van der Waals surface area (Å²) in [4.78, 5) is 46.2. The van der Waals surface area contributed by atoms with Crippen molar-refractivity contribution in [2.24, 2.45) is 28.5 Å². The summed E-state index contributed by atoms with van der Waals surface area (Å²) in [6.07, 6.45) is 1.16. The Morgan fingerprint density at radius 1 is 1.06 bits per heavy atom. The van der Waals surface area contributed by atoms with Crippen molar-refractivity contribution in [3.63, 3.8) is 0 Å². The van der Waals surface area contributed by atoms with Gasteiger partial charge in [-0.3, -0.25) is 14.4 Å². The summed E-state index contributed by atoms with van der Waals surface area (Å²) < 4.78 is 0. The second-order valence-electron chi connectivity index (χ2n) is 9.84. The lowest BCUT2D eigenvalue weighted by Gasteiger charge is -2.30. The van der Waals surface area contributed by atoms with Gasteiger partial charge in [0, 0.05) is 17.2 Å². The van der Waals surface area contributed by atoms with Crippen LogP contribution in [0.15, 0.2) is 72.2 Å². The quantitative estimate of drug-likeness (QED) is 0.493. The number of para-hydroxylation sites is 1. The summed E-state index contributed by atoms with van der Waals surface area (Å²) in [5.74, 6) is -2.61. The van der Waals surface area contributed by atoms with Crippen molar-refractivity contribution >= 4 is 29.1 Å². The number of amides is 3. The number of anilines is 1. The maximum absolute atomic E-state index is 13.8. The molecule has 3 amide bonds. The molecule has 0 radical (unpaired) electrons.